The van der Waals surface area contributed by atoms with E-state index in [1.165, 1.54) is 0 Å². The molecule has 0 aromatic heterocycles. The van der Waals surface area contributed by atoms with E-state index in [2.05, 4.69) is 5.32 Å². The highest BCUT2D eigenvalue weighted by molar-refractivity contribution is 6.35. The number of amides is 2. The number of halogens is 2. The standard InChI is InChI=1S/C27H28Cl2N2O3/c1-3-30-27(33)25(15-19-8-5-4-6-9-19)31(18-20-10-7-11-23(14-20)34-2)26(32)16-21-12-13-22(28)17-24(21)29/h4-14,17,25H,3,15-16,18H2,1-2H3,(H,30,33). The third kappa shape index (κ3) is 6.99. The number of hydrogen-bond acceptors (Lipinski definition) is 3. The van der Waals surface area contributed by atoms with E-state index >= 15 is 0 Å². The predicted molar refractivity (Wildman–Crippen MR) is 136 cm³/mol. The maximum atomic E-state index is 13.7. The van der Waals surface area contributed by atoms with Gasteiger partial charge in [0.15, 0.2) is 0 Å². The second kappa shape index (κ2) is 12.4. The van der Waals surface area contributed by atoms with Crippen molar-refractivity contribution < 1.29 is 14.3 Å². The fraction of sp³-hybridized carbons (Fsp3) is 0.259. The van der Waals surface area contributed by atoms with Crippen molar-refractivity contribution in [2.45, 2.75) is 32.4 Å². The van der Waals surface area contributed by atoms with Gasteiger partial charge in [0.05, 0.1) is 13.5 Å². The first-order chi connectivity index (χ1) is 16.4. The monoisotopic (exact) mass is 498 g/mol. The highest BCUT2D eigenvalue weighted by atomic mass is 35.5. The Kier molecular flexibility index (Phi) is 9.37. The van der Waals surface area contributed by atoms with Crippen molar-refractivity contribution >= 4 is 35.0 Å². The van der Waals surface area contributed by atoms with Crippen LogP contribution in [-0.2, 0) is 29.0 Å². The van der Waals surface area contributed by atoms with E-state index in [0.717, 1.165) is 11.1 Å². The first kappa shape index (κ1) is 25.6. The zero-order valence-electron chi connectivity index (χ0n) is 19.3. The van der Waals surface area contributed by atoms with Gasteiger partial charge in [-0.05, 0) is 47.9 Å². The maximum absolute atomic E-state index is 13.7. The minimum atomic E-state index is -0.702. The third-order valence-corrected chi connectivity index (χ3v) is 6.05. The lowest BCUT2D eigenvalue weighted by atomic mass is 10.0. The zero-order valence-corrected chi connectivity index (χ0v) is 20.8. The Morgan fingerprint density at radius 1 is 0.971 bits per heavy atom. The number of carbonyl (C=O) groups excluding carboxylic acids is 2. The molecular weight excluding hydrogens is 471 g/mol. The second-order valence-corrected chi connectivity index (χ2v) is 8.73. The van der Waals surface area contributed by atoms with Crippen molar-refractivity contribution in [2.75, 3.05) is 13.7 Å². The minimum Gasteiger partial charge on any atom is -0.497 e. The largest absolute Gasteiger partial charge is 0.497 e. The van der Waals surface area contributed by atoms with E-state index in [-0.39, 0.29) is 24.8 Å². The summed E-state index contributed by atoms with van der Waals surface area (Å²) in [5, 5.41) is 3.81. The van der Waals surface area contributed by atoms with Crippen LogP contribution in [0.4, 0.5) is 0 Å². The molecule has 1 N–H and O–H groups in total. The molecule has 0 radical (unpaired) electrons. The number of nitrogens with one attached hydrogen (secondary N) is 1. The maximum Gasteiger partial charge on any atom is 0.243 e. The van der Waals surface area contributed by atoms with E-state index in [4.69, 9.17) is 27.9 Å². The van der Waals surface area contributed by atoms with Crippen LogP contribution in [0, 0.1) is 0 Å². The Bertz CT molecular complexity index is 1120. The van der Waals surface area contributed by atoms with E-state index in [1.807, 2.05) is 61.5 Å². The molecule has 1 unspecified atom stereocenters. The number of nitrogens with zero attached hydrogens (tertiary/aromatic N) is 1. The smallest absolute Gasteiger partial charge is 0.243 e. The molecule has 0 heterocycles. The topological polar surface area (TPSA) is 58.6 Å². The molecule has 178 valence electrons. The molecule has 7 heteroatoms. The SMILES string of the molecule is CCNC(=O)C(Cc1ccccc1)N(Cc1cccc(OC)c1)C(=O)Cc1ccc(Cl)cc1Cl. The molecule has 2 amide bonds. The van der Waals surface area contributed by atoms with Gasteiger partial charge in [0.25, 0.3) is 0 Å². The highest BCUT2D eigenvalue weighted by Crippen LogP contribution is 2.24. The molecule has 1 atom stereocenters. The Balaban J connectivity index is 1.98. The van der Waals surface area contributed by atoms with Crippen LogP contribution in [0.3, 0.4) is 0 Å². The van der Waals surface area contributed by atoms with E-state index in [0.29, 0.717) is 34.3 Å². The first-order valence-corrected chi connectivity index (χ1v) is 11.8. The van der Waals surface area contributed by atoms with Crippen molar-refractivity contribution in [3.05, 3.63) is 99.5 Å². The van der Waals surface area contributed by atoms with E-state index < -0.39 is 6.04 Å². The molecule has 3 aromatic carbocycles. The van der Waals surface area contributed by atoms with Crippen LogP contribution in [0.5, 0.6) is 5.75 Å². The van der Waals surface area contributed by atoms with Gasteiger partial charge < -0.3 is 15.0 Å². The molecule has 0 aliphatic carbocycles. The summed E-state index contributed by atoms with van der Waals surface area (Å²) in [6.45, 7) is 2.57. The second-order valence-electron chi connectivity index (χ2n) is 7.89. The molecule has 0 aliphatic rings. The summed E-state index contributed by atoms with van der Waals surface area (Å²) in [5.74, 6) is 0.271. The third-order valence-electron chi connectivity index (χ3n) is 5.47. The summed E-state index contributed by atoms with van der Waals surface area (Å²) >= 11 is 12.4. The molecule has 0 fully saturated rings. The number of hydrogen-bond donors (Lipinski definition) is 1. The Morgan fingerprint density at radius 2 is 1.71 bits per heavy atom. The highest BCUT2D eigenvalue weighted by Gasteiger charge is 2.30. The molecule has 0 aliphatic heterocycles. The molecular formula is C27H28Cl2N2O3. The van der Waals surface area contributed by atoms with Gasteiger partial charge >= 0.3 is 0 Å². The van der Waals surface area contributed by atoms with Gasteiger partial charge in [-0.15, -0.1) is 0 Å². The Labute approximate surface area is 210 Å². The molecule has 3 rings (SSSR count). The zero-order chi connectivity index (χ0) is 24.5. The van der Waals surface area contributed by atoms with Gasteiger partial charge in [0.2, 0.25) is 11.8 Å². The Hall–Kier alpha value is -3.02. The van der Waals surface area contributed by atoms with Crippen LogP contribution in [0.1, 0.15) is 23.6 Å². The van der Waals surface area contributed by atoms with Crippen molar-refractivity contribution in [1.29, 1.82) is 0 Å². The van der Waals surface area contributed by atoms with Gasteiger partial charge in [-0.2, -0.15) is 0 Å². The number of benzene rings is 3. The number of methoxy groups -OCH3 is 1. The average molecular weight is 499 g/mol. The average Bonchev–Trinajstić information content (AvgIpc) is 2.84. The van der Waals surface area contributed by atoms with Gasteiger partial charge in [0, 0.05) is 29.6 Å². The molecule has 0 spiro atoms. The number of likely N-dealkylation sites (N-methyl/N-ethyl adjacent to an activating group) is 1. The molecule has 3 aromatic rings. The fourth-order valence-electron chi connectivity index (χ4n) is 3.74. The van der Waals surface area contributed by atoms with Crippen molar-refractivity contribution in [3.63, 3.8) is 0 Å². The molecule has 0 saturated carbocycles. The van der Waals surface area contributed by atoms with Crippen molar-refractivity contribution in [3.8, 4) is 5.75 Å². The van der Waals surface area contributed by atoms with Crippen molar-refractivity contribution in [1.82, 2.24) is 10.2 Å². The van der Waals surface area contributed by atoms with Gasteiger partial charge in [0.1, 0.15) is 11.8 Å². The predicted octanol–water partition coefficient (Wildman–Crippen LogP) is 5.32. The summed E-state index contributed by atoms with van der Waals surface area (Å²) in [6.07, 6.45) is 0.432. The van der Waals surface area contributed by atoms with Crippen LogP contribution >= 0.6 is 23.2 Å². The number of ether oxygens (including phenoxy) is 1. The van der Waals surface area contributed by atoms with E-state index in [1.54, 1.807) is 30.2 Å². The quantitative estimate of drug-likeness (QED) is 0.411. The molecule has 5 nitrogen and oxygen atoms in total. The van der Waals surface area contributed by atoms with Crippen LogP contribution in [-0.4, -0.2) is 36.4 Å². The lowest BCUT2D eigenvalue weighted by molar-refractivity contribution is -0.140. The number of carbonyl (C=O) groups is 2. The molecule has 0 saturated heterocycles. The summed E-state index contributed by atoms with van der Waals surface area (Å²) in [4.78, 5) is 28.5. The van der Waals surface area contributed by atoms with Crippen LogP contribution in [0.25, 0.3) is 0 Å². The lowest BCUT2D eigenvalue weighted by Crippen LogP contribution is -2.51. The van der Waals surface area contributed by atoms with Gasteiger partial charge in [-0.3, -0.25) is 9.59 Å². The summed E-state index contributed by atoms with van der Waals surface area (Å²) in [7, 11) is 1.59. The lowest BCUT2D eigenvalue weighted by Gasteiger charge is -2.31. The normalized spacial score (nSPS) is 11.5. The van der Waals surface area contributed by atoms with Crippen molar-refractivity contribution in [2.24, 2.45) is 0 Å². The Morgan fingerprint density at radius 3 is 2.38 bits per heavy atom. The summed E-state index contributed by atoms with van der Waals surface area (Å²) < 4.78 is 5.35. The summed E-state index contributed by atoms with van der Waals surface area (Å²) in [5.41, 5.74) is 2.48. The minimum absolute atomic E-state index is 0.0463. The van der Waals surface area contributed by atoms with Crippen LogP contribution in [0.2, 0.25) is 10.0 Å². The number of rotatable bonds is 10. The fourth-order valence-corrected chi connectivity index (χ4v) is 4.22. The van der Waals surface area contributed by atoms with Gasteiger partial charge in [-0.1, -0.05) is 71.7 Å². The molecule has 34 heavy (non-hydrogen) atoms. The molecule has 0 bridgehead atoms. The first-order valence-electron chi connectivity index (χ1n) is 11.1. The summed E-state index contributed by atoms with van der Waals surface area (Å²) in [6, 6.07) is 21.5. The van der Waals surface area contributed by atoms with Crippen LogP contribution in [0.15, 0.2) is 72.8 Å². The van der Waals surface area contributed by atoms with E-state index in [9.17, 15) is 9.59 Å². The van der Waals surface area contributed by atoms with Crippen LogP contribution < -0.4 is 10.1 Å². The van der Waals surface area contributed by atoms with Gasteiger partial charge in [-0.25, -0.2) is 0 Å².